The molecular formula is C17H17NO2S. The molecule has 1 saturated heterocycles. The van der Waals surface area contributed by atoms with E-state index in [4.69, 9.17) is 0 Å². The van der Waals surface area contributed by atoms with Gasteiger partial charge in [-0.2, -0.15) is 0 Å². The number of hydrogen-bond acceptors (Lipinski definition) is 3. The molecule has 1 amide bonds. The highest BCUT2D eigenvalue weighted by Gasteiger charge is 2.28. The lowest BCUT2D eigenvalue weighted by atomic mass is 9.91. The highest BCUT2D eigenvalue weighted by atomic mass is 32.1. The molecule has 1 fully saturated rings. The summed E-state index contributed by atoms with van der Waals surface area (Å²) >= 11 is 1.50. The highest BCUT2D eigenvalue weighted by molar-refractivity contribution is 7.12. The minimum atomic E-state index is 0.0588. The Morgan fingerprint density at radius 3 is 2.33 bits per heavy atom. The minimum Gasteiger partial charge on any atom is -0.339 e. The lowest BCUT2D eigenvalue weighted by Gasteiger charge is -2.31. The zero-order chi connectivity index (χ0) is 14.7. The maximum absolute atomic E-state index is 12.3. The first-order valence-electron chi connectivity index (χ1n) is 7.18. The number of nitrogens with zero attached hydrogens (tertiary/aromatic N) is 1. The van der Waals surface area contributed by atoms with Crippen molar-refractivity contribution in [2.75, 3.05) is 13.1 Å². The third-order valence-corrected chi connectivity index (χ3v) is 4.82. The Bertz CT molecular complexity index is 614. The van der Waals surface area contributed by atoms with Gasteiger partial charge in [0, 0.05) is 24.6 Å². The van der Waals surface area contributed by atoms with E-state index in [-0.39, 0.29) is 17.6 Å². The number of amides is 1. The van der Waals surface area contributed by atoms with Crippen LogP contribution in [0.1, 0.15) is 32.9 Å². The van der Waals surface area contributed by atoms with Gasteiger partial charge in [-0.25, -0.2) is 0 Å². The second-order valence-corrected chi connectivity index (χ2v) is 6.22. The van der Waals surface area contributed by atoms with Crippen LogP contribution in [-0.2, 0) is 0 Å². The number of ketones is 1. The predicted molar refractivity (Wildman–Crippen MR) is 83.7 cm³/mol. The number of hydrogen-bond donors (Lipinski definition) is 0. The molecule has 0 N–H and O–H groups in total. The Morgan fingerprint density at radius 1 is 1.00 bits per heavy atom. The predicted octanol–water partition coefficient (Wildman–Crippen LogP) is 3.48. The number of carbonyl (C=O) groups is 2. The van der Waals surface area contributed by atoms with Crippen LogP contribution in [0, 0.1) is 5.92 Å². The van der Waals surface area contributed by atoms with Gasteiger partial charge in [0.1, 0.15) is 0 Å². The van der Waals surface area contributed by atoms with Gasteiger partial charge in [0.15, 0.2) is 5.78 Å². The number of likely N-dealkylation sites (tertiary alicyclic amines) is 1. The van der Waals surface area contributed by atoms with Crippen molar-refractivity contribution in [1.29, 1.82) is 0 Å². The molecule has 1 aromatic heterocycles. The second-order valence-electron chi connectivity index (χ2n) is 5.27. The molecule has 0 spiro atoms. The van der Waals surface area contributed by atoms with Gasteiger partial charge in [0.2, 0.25) is 0 Å². The summed E-state index contributed by atoms with van der Waals surface area (Å²) in [5.74, 6) is 0.359. The van der Waals surface area contributed by atoms with E-state index in [1.807, 2.05) is 52.7 Å². The first-order chi connectivity index (χ1) is 10.3. The molecule has 1 aliphatic rings. The molecule has 108 valence electrons. The standard InChI is InChI=1S/C17H17NO2S/c19-16(15-7-4-12-21-15)13-8-10-18(11-9-13)17(20)14-5-2-1-3-6-14/h1-7,12-13H,8-11H2. The lowest BCUT2D eigenvalue weighted by Crippen LogP contribution is -2.40. The van der Waals surface area contributed by atoms with Crippen LogP contribution in [0.25, 0.3) is 0 Å². The molecule has 3 nitrogen and oxygen atoms in total. The molecule has 3 rings (SSSR count). The maximum atomic E-state index is 12.3. The van der Waals surface area contributed by atoms with Crippen LogP contribution >= 0.6 is 11.3 Å². The van der Waals surface area contributed by atoms with Gasteiger partial charge in [-0.05, 0) is 36.4 Å². The van der Waals surface area contributed by atoms with Crippen LogP contribution in [0.2, 0.25) is 0 Å². The smallest absolute Gasteiger partial charge is 0.253 e. The molecule has 0 aliphatic carbocycles. The average molecular weight is 299 g/mol. The van der Waals surface area contributed by atoms with Crippen molar-refractivity contribution >= 4 is 23.0 Å². The third kappa shape index (κ3) is 3.05. The van der Waals surface area contributed by atoms with Crippen LogP contribution in [0.15, 0.2) is 47.8 Å². The minimum absolute atomic E-state index is 0.0588. The lowest BCUT2D eigenvalue weighted by molar-refractivity contribution is 0.0651. The van der Waals surface area contributed by atoms with Gasteiger partial charge in [0.25, 0.3) is 5.91 Å². The number of piperidine rings is 1. The van der Waals surface area contributed by atoms with E-state index in [1.54, 1.807) is 0 Å². The second kappa shape index (κ2) is 6.22. The third-order valence-electron chi connectivity index (χ3n) is 3.94. The van der Waals surface area contributed by atoms with E-state index in [2.05, 4.69) is 0 Å². The van der Waals surface area contributed by atoms with Gasteiger partial charge in [-0.15, -0.1) is 11.3 Å². The molecule has 0 atom stereocenters. The Balaban J connectivity index is 1.60. The van der Waals surface area contributed by atoms with Crippen molar-refractivity contribution in [3.63, 3.8) is 0 Å². The first-order valence-corrected chi connectivity index (χ1v) is 8.05. The van der Waals surface area contributed by atoms with Crippen LogP contribution in [0.3, 0.4) is 0 Å². The van der Waals surface area contributed by atoms with Gasteiger partial charge < -0.3 is 4.90 Å². The Labute approximate surface area is 128 Å². The van der Waals surface area contributed by atoms with E-state index < -0.39 is 0 Å². The summed E-state index contributed by atoms with van der Waals surface area (Å²) in [6.07, 6.45) is 1.52. The number of Topliss-reactive ketones (excluding diaryl/α,β-unsaturated/α-hetero) is 1. The molecule has 0 saturated carbocycles. The molecule has 1 aromatic carbocycles. The summed E-state index contributed by atoms with van der Waals surface area (Å²) in [7, 11) is 0. The van der Waals surface area contributed by atoms with Crippen molar-refractivity contribution in [3.8, 4) is 0 Å². The van der Waals surface area contributed by atoms with Gasteiger partial charge >= 0.3 is 0 Å². The van der Waals surface area contributed by atoms with E-state index in [0.29, 0.717) is 13.1 Å². The number of rotatable bonds is 3. The van der Waals surface area contributed by atoms with Gasteiger partial charge in [-0.1, -0.05) is 24.3 Å². The van der Waals surface area contributed by atoms with Gasteiger partial charge in [-0.3, -0.25) is 9.59 Å². The fourth-order valence-electron chi connectivity index (χ4n) is 2.73. The van der Waals surface area contributed by atoms with E-state index >= 15 is 0 Å². The average Bonchev–Trinajstić information content (AvgIpc) is 3.09. The van der Waals surface area contributed by atoms with E-state index in [0.717, 1.165) is 23.3 Å². The molecule has 1 aliphatic heterocycles. The van der Waals surface area contributed by atoms with Crippen molar-refractivity contribution in [2.24, 2.45) is 5.92 Å². The Morgan fingerprint density at radius 2 is 1.71 bits per heavy atom. The summed E-state index contributed by atoms with van der Waals surface area (Å²) in [6.45, 7) is 1.32. The quantitative estimate of drug-likeness (QED) is 0.814. The largest absolute Gasteiger partial charge is 0.339 e. The number of thiophene rings is 1. The van der Waals surface area contributed by atoms with Crippen molar-refractivity contribution in [2.45, 2.75) is 12.8 Å². The summed E-state index contributed by atoms with van der Waals surface area (Å²) in [5.41, 5.74) is 0.723. The summed E-state index contributed by atoms with van der Waals surface area (Å²) in [4.78, 5) is 27.4. The van der Waals surface area contributed by atoms with E-state index in [9.17, 15) is 9.59 Å². The zero-order valence-corrected chi connectivity index (χ0v) is 12.5. The van der Waals surface area contributed by atoms with Crippen molar-refractivity contribution < 1.29 is 9.59 Å². The summed E-state index contributed by atoms with van der Waals surface area (Å²) < 4.78 is 0. The molecule has 21 heavy (non-hydrogen) atoms. The molecule has 0 radical (unpaired) electrons. The normalized spacial score (nSPS) is 15.9. The fraction of sp³-hybridized carbons (Fsp3) is 0.294. The van der Waals surface area contributed by atoms with Crippen LogP contribution < -0.4 is 0 Å². The van der Waals surface area contributed by atoms with Gasteiger partial charge in [0.05, 0.1) is 4.88 Å². The Kier molecular flexibility index (Phi) is 4.15. The highest BCUT2D eigenvalue weighted by Crippen LogP contribution is 2.24. The zero-order valence-electron chi connectivity index (χ0n) is 11.7. The first kappa shape index (κ1) is 14.0. The topological polar surface area (TPSA) is 37.4 Å². The number of benzene rings is 1. The molecule has 4 heteroatoms. The molecule has 0 unspecified atom stereocenters. The molecule has 2 aromatic rings. The molecular weight excluding hydrogens is 282 g/mol. The monoisotopic (exact) mass is 299 g/mol. The van der Waals surface area contributed by atoms with Crippen LogP contribution in [0.5, 0.6) is 0 Å². The SMILES string of the molecule is O=C(c1cccs1)C1CCN(C(=O)c2ccccc2)CC1. The maximum Gasteiger partial charge on any atom is 0.253 e. The Hall–Kier alpha value is -1.94. The van der Waals surface area contributed by atoms with Crippen LogP contribution in [0.4, 0.5) is 0 Å². The summed E-state index contributed by atoms with van der Waals surface area (Å²) in [5, 5.41) is 1.93. The fourth-order valence-corrected chi connectivity index (χ4v) is 3.47. The van der Waals surface area contributed by atoms with Crippen molar-refractivity contribution in [3.05, 3.63) is 58.3 Å². The van der Waals surface area contributed by atoms with E-state index in [1.165, 1.54) is 11.3 Å². The number of carbonyl (C=O) groups excluding carboxylic acids is 2. The van der Waals surface area contributed by atoms with Crippen molar-refractivity contribution in [1.82, 2.24) is 4.90 Å². The molecule has 0 bridgehead atoms. The summed E-state index contributed by atoms with van der Waals surface area (Å²) in [6, 6.07) is 13.1. The molecule has 2 heterocycles. The van der Waals surface area contributed by atoms with Crippen LogP contribution in [-0.4, -0.2) is 29.7 Å².